The van der Waals surface area contributed by atoms with E-state index in [-0.39, 0.29) is 23.6 Å². The molecule has 1 atom stereocenters. The van der Waals surface area contributed by atoms with Gasteiger partial charge in [-0.3, -0.25) is 9.59 Å². The van der Waals surface area contributed by atoms with Crippen LogP contribution in [-0.4, -0.2) is 35.6 Å². The molecule has 2 aromatic carbocycles. The van der Waals surface area contributed by atoms with Crippen LogP contribution in [0.3, 0.4) is 0 Å². The van der Waals surface area contributed by atoms with Crippen molar-refractivity contribution in [1.29, 1.82) is 0 Å². The maximum absolute atomic E-state index is 12.7. The van der Waals surface area contributed by atoms with Gasteiger partial charge in [0.15, 0.2) is 0 Å². The van der Waals surface area contributed by atoms with E-state index in [0.717, 1.165) is 28.1 Å². The number of rotatable bonds is 4. The van der Waals surface area contributed by atoms with Crippen molar-refractivity contribution >= 4 is 29.3 Å². The van der Waals surface area contributed by atoms with Gasteiger partial charge in [0, 0.05) is 17.6 Å². The Hall–Kier alpha value is -2.27. The second-order valence-electron chi connectivity index (χ2n) is 6.43. The molecule has 0 saturated heterocycles. The number of aryl methyl sites for hydroxylation is 2. The quantitative estimate of drug-likeness (QED) is 0.915. The molecule has 25 heavy (non-hydrogen) atoms. The molecule has 3 rings (SSSR count). The molecule has 1 N–H and O–H groups in total. The third-order valence-corrected chi connectivity index (χ3v) is 5.73. The van der Waals surface area contributed by atoms with E-state index in [1.165, 1.54) is 10.5 Å². The predicted molar refractivity (Wildman–Crippen MR) is 102 cm³/mol. The molecule has 2 aromatic rings. The summed E-state index contributed by atoms with van der Waals surface area (Å²) in [5.74, 6) is -0.174. The third kappa shape index (κ3) is 3.87. The molecular formula is C20H22N2O2S. The molecule has 0 aliphatic carbocycles. The smallest absolute Gasteiger partial charge is 0.243 e. The Bertz CT molecular complexity index is 774. The van der Waals surface area contributed by atoms with Crippen molar-refractivity contribution in [2.24, 2.45) is 0 Å². The number of hydrogen-bond acceptors (Lipinski definition) is 3. The van der Waals surface area contributed by atoms with E-state index in [2.05, 4.69) is 11.4 Å². The zero-order valence-corrected chi connectivity index (χ0v) is 15.5. The predicted octanol–water partition coefficient (Wildman–Crippen LogP) is 3.42. The molecule has 0 bridgehead atoms. The van der Waals surface area contributed by atoms with Gasteiger partial charge in [-0.1, -0.05) is 36.4 Å². The van der Waals surface area contributed by atoms with Crippen molar-refractivity contribution in [3.8, 4) is 0 Å². The molecule has 1 aliphatic rings. The molecule has 1 heterocycles. The SMILES string of the molecule is Cc1cccc(C)c1NC(=O)CN(C)C(=O)C1Cc2ccccc2S1. The number of carbonyl (C=O) groups is 2. The molecule has 0 fully saturated rings. The number of nitrogens with zero attached hydrogens (tertiary/aromatic N) is 1. The Labute approximate surface area is 152 Å². The standard InChI is InChI=1S/C20H22N2O2S/c1-13-7-6-8-14(2)19(13)21-18(23)12-22(3)20(24)17-11-15-9-4-5-10-16(15)25-17/h4-10,17H,11-12H2,1-3H3,(H,21,23). The molecule has 0 spiro atoms. The number of anilines is 1. The first-order valence-electron chi connectivity index (χ1n) is 8.31. The maximum atomic E-state index is 12.7. The summed E-state index contributed by atoms with van der Waals surface area (Å²) in [6.45, 7) is 3.98. The van der Waals surface area contributed by atoms with E-state index >= 15 is 0 Å². The molecule has 0 saturated carbocycles. The lowest BCUT2D eigenvalue weighted by atomic mass is 10.1. The van der Waals surface area contributed by atoms with Crippen molar-refractivity contribution in [2.75, 3.05) is 18.9 Å². The fraction of sp³-hybridized carbons (Fsp3) is 0.300. The van der Waals surface area contributed by atoms with Crippen LogP contribution < -0.4 is 5.32 Å². The van der Waals surface area contributed by atoms with Gasteiger partial charge in [-0.25, -0.2) is 0 Å². The van der Waals surface area contributed by atoms with Gasteiger partial charge in [0.05, 0.1) is 11.8 Å². The van der Waals surface area contributed by atoms with Crippen LogP contribution in [-0.2, 0) is 16.0 Å². The fourth-order valence-corrected chi connectivity index (χ4v) is 4.36. The zero-order chi connectivity index (χ0) is 18.0. The Morgan fingerprint density at radius 3 is 2.48 bits per heavy atom. The first-order valence-corrected chi connectivity index (χ1v) is 9.19. The summed E-state index contributed by atoms with van der Waals surface area (Å²) in [6.07, 6.45) is 0.725. The minimum Gasteiger partial charge on any atom is -0.335 e. The summed E-state index contributed by atoms with van der Waals surface area (Å²) in [6, 6.07) is 14.0. The van der Waals surface area contributed by atoms with Gasteiger partial charge in [0.2, 0.25) is 11.8 Å². The lowest BCUT2D eigenvalue weighted by molar-refractivity contribution is -0.132. The highest BCUT2D eigenvalue weighted by molar-refractivity contribution is 8.01. The highest BCUT2D eigenvalue weighted by Crippen LogP contribution is 2.37. The van der Waals surface area contributed by atoms with E-state index in [1.54, 1.807) is 18.8 Å². The van der Waals surface area contributed by atoms with Gasteiger partial charge < -0.3 is 10.2 Å². The van der Waals surface area contributed by atoms with Gasteiger partial charge in [-0.05, 0) is 43.0 Å². The Morgan fingerprint density at radius 1 is 1.12 bits per heavy atom. The molecule has 0 aromatic heterocycles. The van der Waals surface area contributed by atoms with Crippen LogP contribution in [0.25, 0.3) is 0 Å². The number of benzene rings is 2. The Morgan fingerprint density at radius 2 is 1.80 bits per heavy atom. The number of carbonyl (C=O) groups excluding carboxylic acids is 2. The third-order valence-electron chi connectivity index (χ3n) is 4.43. The summed E-state index contributed by atoms with van der Waals surface area (Å²) in [5, 5.41) is 2.79. The fourth-order valence-electron chi connectivity index (χ4n) is 3.05. The number of hydrogen-bond donors (Lipinski definition) is 1. The van der Waals surface area contributed by atoms with E-state index in [0.29, 0.717) is 0 Å². The summed E-state index contributed by atoms with van der Waals surface area (Å²) in [4.78, 5) is 27.7. The van der Waals surface area contributed by atoms with E-state index < -0.39 is 0 Å². The molecular weight excluding hydrogens is 332 g/mol. The van der Waals surface area contributed by atoms with Crippen LogP contribution in [0.15, 0.2) is 47.4 Å². The van der Waals surface area contributed by atoms with Crippen LogP contribution in [0, 0.1) is 13.8 Å². The molecule has 1 aliphatic heterocycles. The lowest BCUT2D eigenvalue weighted by Crippen LogP contribution is -2.39. The normalized spacial score (nSPS) is 15.6. The van der Waals surface area contributed by atoms with E-state index in [1.807, 2.05) is 50.2 Å². The Balaban J connectivity index is 1.60. The van der Waals surface area contributed by atoms with Gasteiger partial charge in [0.1, 0.15) is 0 Å². The minimum atomic E-state index is -0.172. The molecule has 4 nitrogen and oxygen atoms in total. The summed E-state index contributed by atoms with van der Waals surface area (Å²) in [7, 11) is 1.69. The van der Waals surface area contributed by atoms with Crippen molar-refractivity contribution in [1.82, 2.24) is 4.90 Å². The molecule has 0 radical (unpaired) electrons. The first kappa shape index (κ1) is 17.5. The highest BCUT2D eigenvalue weighted by atomic mass is 32.2. The number of nitrogens with one attached hydrogen (secondary N) is 1. The highest BCUT2D eigenvalue weighted by Gasteiger charge is 2.30. The van der Waals surface area contributed by atoms with Crippen LogP contribution in [0.5, 0.6) is 0 Å². The number of thioether (sulfide) groups is 1. The van der Waals surface area contributed by atoms with Crippen molar-refractivity contribution in [3.05, 3.63) is 59.2 Å². The maximum Gasteiger partial charge on any atom is 0.243 e. The molecule has 130 valence electrons. The number of amides is 2. The lowest BCUT2D eigenvalue weighted by Gasteiger charge is -2.20. The number of para-hydroxylation sites is 1. The number of likely N-dealkylation sites (N-methyl/N-ethyl adjacent to an activating group) is 1. The summed E-state index contributed by atoms with van der Waals surface area (Å²) < 4.78 is 0. The van der Waals surface area contributed by atoms with Crippen LogP contribution >= 0.6 is 11.8 Å². The Kier molecular flexibility index (Phi) is 5.13. The van der Waals surface area contributed by atoms with Gasteiger partial charge in [0.25, 0.3) is 0 Å². The summed E-state index contributed by atoms with van der Waals surface area (Å²) in [5.41, 5.74) is 4.07. The van der Waals surface area contributed by atoms with Crippen molar-refractivity contribution in [3.63, 3.8) is 0 Å². The molecule has 1 unspecified atom stereocenters. The average Bonchev–Trinajstić information content (AvgIpc) is 3.01. The van der Waals surface area contributed by atoms with Crippen molar-refractivity contribution in [2.45, 2.75) is 30.4 Å². The van der Waals surface area contributed by atoms with E-state index in [4.69, 9.17) is 0 Å². The largest absolute Gasteiger partial charge is 0.335 e. The minimum absolute atomic E-state index is 0.00199. The van der Waals surface area contributed by atoms with Gasteiger partial charge in [-0.15, -0.1) is 11.8 Å². The monoisotopic (exact) mass is 354 g/mol. The summed E-state index contributed by atoms with van der Waals surface area (Å²) >= 11 is 1.59. The second-order valence-corrected chi connectivity index (χ2v) is 7.67. The van der Waals surface area contributed by atoms with Crippen LogP contribution in [0.1, 0.15) is 16.7 Å². The van der Waals surface area contributed by atoms with Gasteiger partial charge in [-0.2, -0.15) is 0 Å². The molecule has 5 heteroatoms. The average molecular weight is 354 g/mol. The van der Waals surface area contributed by atoms with Crippen molar-refractivity contribution < 1.29 is 9.59 Å². The van der Waals surface area contributed by atoms with E-state index in [9.17, 15) is 9.59 Å². The molecule has 2 amide bonds. The second kappa shape index (κ2) is 7.31. The zero-order valence-electron chi connectivity index (χ0n) is 14.7. The van der Waals surface area contributed by atoms with Crippen LogP contribution in [0.2, 0.25) is 0 Å². The van der Waals surface area contributed by atoms with Gasteiger partial charge >= 0.3 is 0 Å². The van der Waals surface area contributed by atoms with Crippen LogP contribution in [0.4, 0.5) is 5.69 Å². The first-order chi connectivity index (χ1) is 12.0. The number of fused-ring (bicyclic) bond motifs is 1. The topological polar surface area (TPSA) is 49.4 Å².